The molecule has 1 N–H and O–H groups in total. The summed E-state index contributed by atoms with van der Waals surface area (Å²) in [4.78, 5) is 0. The largest absolute Gasteiger partial charge is 0.314 e. The Hall–Kier alpha value is 0.120. The van der Waals surface area contributed by atoms with E-state index in [2.05, 4.69) is 5.32 Å². The van der Waals surface area contributed by atoms with Crippen LogP contribution in [0.4, 0.5) is 0 Å². The molecule has 0 aromatic heterocycles. The predicted octanol–water partition coefficient (Wildman–Crippen LogP) is 0.290. The van der Waals surface area contributed by atoms with Crippen molar-refractivity contribution in [3.63, 3.8) is 0 Å². The van der Waals surface area contributed by atoms with Crippen LogP contribution in [0.2, 0.25) is 0 Å². The highest BCUT2D eigenvalue weighted by Gasteiger charge is 2.33. The molecule has 2 fully saturated rings. The normalized spacial score (nSPS) is 22.5. The Morgan fingerprint density at radius 1 is 1.29 bits per heavy atom. The second-order valence-electron chi connectivity index (χ2n) is 4.55. The average Bonchev–Trinajstić information content (AvgIpc) is 3.10. The lowest BCUT2D eigenvalue weighted by molar-refractivity contribution is 0.311. The first-order valence-corrected chi connectivity index (χ1v) is 7.50. The van der Waals surface area contributed by atoms with Crippen LogP contribution in [0, 0.1) is 5.92 Å². The Kier molecular flexibility index (Phi) is 5.66. The van der Waals surface area contributed by atoms with Crippen LogP contribution in [0.25, 0.3) is 0 Å². The minimum atomic E-state index is -3.20. The molecule has 5 nitrogen and oxygen atoms in total. The van der Waals surface area contributed by atoms with Crippen LogP contribution in [0.3, 0.4) is 0 Å². The number of hydrogen-bond acceptors (Lipinski definition) is 3. The van der Waals surface area contributed by atoms with E-state index in [9.17, 15) is 8.42 Å². The third-order valence-corrected chi connectivity index (χ3v) is 5.32. The van der Waals surface area contributed by atoms with Crippen LogP contribution in [0.1, 0.15) is 19.8 Å². The lowest BCUT2D eigenvalue weighted by atomic mass is 10.4. The van der Waals surface area contributed by atoms with E-state index in [-0.39, 0.29) is 12.4 Å². The predicted molar refractivity (Wildman–Crippen MR) is 70.6 cm³/mol. The molecule has 2 aliphatic rings. The van der Waals surface area contributed by atoms with E-state index in [1.165, 1.54) is 12.8 Å². The van der Waals surface area contributed by atoms with Gasteiger partial charge in [-0.3, -0.25) is 0 Å². The third-order valence-electron chi connectivity index (χ3n) is 3.24. The molecule has 1 aliphatic carbocycles. The molecule has 1 saturated carbocycles. The van der Waals surface area contributed by atoms with Crippen LogP contribution < -0.4 is 5.32 Å². The zero-order valence-electron chi connectivity index (χ0n) is 10.3. The number of nitrogens with zero attached hydrogens (tertiary/aromatic N) is 2. The molecule has 102 valence electrons. The molecule has 0 aromatic rings. The van der Waals surface area contributed by atoms with Gasteiger partial charge >= 0.3 is 0 Å². The molecule has 0 radical (unpaired) electrons. The van der Waals surface area contributed by atoms with Crippen LogP contribution in [-0.2, 0) is 10.2 Å². The maximum Gasteiger partial charge on any atom is 0.282 e. The van der Waals surface area contributed by atoms with Crippen LogP contribution in [0.5, 0.6) is 0 Å². The monoisotopic (exact) mass is 283 g/mol. The Bertz CT molecular complexity index is 326. The molecule has 1 heterocycles. The molecule has 0 unspecified atom stereocenters. The average molecular weight is 284 g/mol. The van der Waals surface area contributed by atoms with E-state index in [0.29, 0.717) is 32.1 Å². The van der Waals surface area contributed by atoms with E-state index in [1.54, 1.807) is 8.61 Å². The lowest BCUT2D eigenvalue weighted by Gasteiger charge is -2.31. The number of halogens is 1. The summed E-state index contributed by atoms with van der Waals surface area (Å²) in [5.74, 6) is 0.609. The van der Waals surface area contributed by atoms with Crippen molar-refractivity contribution >= 4 is 22.6 Å². The fourth-order valence-electron chi connectivity index (χ4n) is 2.01. The fourth-order valence-corrected chi connectivity index (χ4v) is 3.71. The van der Waals surface area contributed by atoms with E-state index in [0.717, 1.165) is 13.1 Å². The van der Waals surface area contributed by atoms with Crippen LogP contribution in [0.15, 0.2) is 0 Å². The second kappa shape index (κ2) is 6.33. The van der Waals surface area contributed by atoms with Crippen molar-refractivity contribution in [1.82, 2.24) is 13.9 Å². The van der Waals surface area contributed by atoms with Gasteiger partial charge in [-0.1, -0.05) is 6.92 Å². The first-order chi connectivity index (χ1) is 7.64. The molecule has 7 heteroatoms. The molecule has 0 spiro atoms. The van der Waals surface area contributed by atoms with Crippen LogP contribution in [-0.4, -0.2) is 56.3 Å². The van der Waals surface area contributed by atoms with Gasteiger partial charge in [0.15, 0.2) is 0 Å². The SMILES string of the molecule is CCN(CC1CC1)S(=O)(=O)N1CCNCC1.Cl. The Labute approximate surface area is 110 Å². The minimum absolute atomic E-state index is 0. The number of hydrogen-bond donors (Lipinski definition) is 1. The van der Waals surface area contributed by atoms with Gasteiger partial charge in [0.25, 0.3) is 10.2 Å². The molecule has 0 bridgehead atoms. The summed E-state index contributed by atoms with van der Waals surface area (Å²) in [5, 5.41) is 3.17. The fraction of sp³-hybridized carbons (Fsp3) is 1.00. The van der Waals surface area contributed by atoms with Gasteiger partial charge in [0, 0.05) is 39.3 Å². The molecular weight excluding hydrogens is 262 g/mol. The van der Waals surface area contributed by atoms with Gasteiger partial charge in [0.2, 0.25) is 0 Å². The van der Waals surface area contributed by atoms with Gasteiger partial charge in [-0.25, -0.2) is 0 Å². The van der Waals surface area contributed by atoms with Gasteiger partial charge < -0.3 is 5.32 Å². The summed E-state index contributed by atoms with van der Waals surface area (Å²) in [6, 6.07) is 0. The minimum Gasteiger partial charge on any atom is -0.314 e. The Balaban J connectivity index is 0.00000144. The van der Waals surface area contributed by atoms with Gasteiger partial charge in [-0.05, 0) is 18.8 Å². The number of nitrogens with one attached hydrogen (secondary N) is 1. The first-order valence-electron chi connectivity index (χ1n) is 6.10. The van der Waals surface area contributed by atoms with Gasteiger partial charge in [0.1, 0.15) is 0 Å². The van der Waals surface area contributed by atoms with E-state index >= 15 is 0 Å². The highest BCUT2D eigenvalue weighted by molar-refractivity contribution is 7.86. The smallest absolute Gasteiger partial charge is 0.282 e. The lowest BCUT2D eigenvalue weighted by Crippen LogP contribution is -2.52. The number of piperazine rings is 1. The first kappa shape index (κ1) is 15.2. The molecular formula is C10H22ClN3O2S. The van der Waals surface area contributed by atoms with Crippen molar-refractivity contribution in [3.8, 4) is 0 Å². The second-order valence-corrected chi connectivity index (χ2v) is 6.48. The standard InChI is InChI=1S/C10H21N3O2S.ClH/c1-2-12(9-10-3-4-10)16(14,15)13-7-5-11-6-8-13;/h10-11H,2-9H2,1H3;1H. The summed E-state index contributed by atoms with van der Waals surface area (Å²) in [6.07, 6.45) is 2.38. The molecule has 2 rings (SSSR count). The number of rotatable bonds is 5. The summed E-state index contributed by atoms with van der Waals surface area (Å²) in [7, 11) is -3.20. The maximum absolute atomic E-state index is 12.3. The van der Waals surface area contributed by atoms with Crippen LogP contribution >= 0.6 is 12.4 Å². The summed E-state index contributed by atoms with van der Waals surface area (Å²) >= 11 is 0. The zero-order chi connectivity index (χ0) is 11.6. The van der Waals surface area contributed by atoms with Crippen molar-refractivity contribution in [1.29, 1.82) is 0 Å². The highest BCUT2D eigenvalue weighted by Crippen LogP contribution is 2.30. The molecule has 1 aliphatic heterocycles. The Morgan fingerprint density at radius 2 is 1.88 bits per heavy atom. The Morgan fingerprint density at radius 3 is 2.35 bits per heavy atom. The summed E-state index contributed by atoms with van der Waals surface area (Å²) < 4.78 is 27.8. The molecule has 0 amide bonds. The molecule has 1 saturated heterocycles. The van der Waals surface area contributed by atoms with Crippen molar-refractivity contribution in [2.75, 3.05) is 39.3 Å². The van der Waals surface area contributed by atoms with Crippen molar-refractivity contribution in [3.05, 3.63) is 0 Å². The van der Waals surface area contributed by atoms with Gasteiger partial charge in [-0.15, -0.1) is 12.4 Å². The summed E-state index contributed by atoms with van der Waals surface area (Å²) in [5.41, 5.74) is 0. The van der Waals surface area contributed by atoms with Crippen molar-refractivity contribution < 1.29 is 8.42 Å². The molecule has 17 heavy (non-hydrogen) atoms. The van der Waals surface area contributed by atoms with Gasteiger partial charge in [0.05, 0.1) is 0 Å². The highest BCUT2D eigenvalue weighted by atomic mass is 35.5. The zero-order valence-corrected chi connectivity index (χ0v) is 11.9. The van der Waals surface area contributed by atoms with Gasteiger partial charge in [-0.2, -0.15) is 17.0 Å². The van der Waals surface area contributed by atoms with E-state index in [4.69, 9.17) is 0 Å². The van der Waals surface area contributed by atoms with Crippen molar-refractivity contribution in [2.24, 2.45) is 5.92 Å². The maximum atomic E-state index is 12.3. The summed E-state index contributed by atoms with van der Waals surface area (Å²) in [6.45, 7) is 5.95. The van der Waals surface area contributed by atoms with E-state index < -0.39 is 10.2 Å². The third kappa shape index (κ3) is 3.79. The molecule has 0 atom stereocenters. The quantitative estimate of drug-likeness (QED) is 0.789. The molecule has 0 aromatic carbocycles. The van der Waals surface area contributed by atoms with Crippen molar-refractivity contribution in [2.45, 2.75) is 19.8 Å². The topological polar surface area (TPSA) is 52.7 Å². The van der Waals surface area contributed by atoms with E-state index in [1.807, 2.05) is 6.92 Å².